The lowest BCUT2D eigenvalue weighted by Crippen LogP contribution is -2.13. The number of aromatic amines is 1. The Kier molecular flexibility index (Phi) is 3.96. The number of carbonyl (C=O) groups excluding carboxylic acids is 1. The number of halogens is 1. The summed E-state index contributed by atoms with van der Waals surface area (Å²) in [7, 11) is -2.56. The van der Waals surface area contributed by atoms with Crippen LogP contribution in [0, 0.1) is 0 Å². The Bertz CT molecular complexity index is 728. The van der Waals surface area contributed by atoms with Crippen molar-refractivity contribution in [2.24, 2.45) is 0 Å². The van der Waals surface area contributed by atoms with E-state index in [4.69, 9.17) is 11.6 Å². The summed E-state index contributed by atoms with van der Waals surface area (Å²) in [5, 5.41) is 6.14. The van der Waals surface area contributed by atoms with Crippen molar-refractivity contribution < 1.29 is 17.9 Å². The van der Waals surface area contributed by atoms with Gasteiger partial charge in [0.2, 0.25) is 0 Å². The SMILES string of the molecule is COC(=O)c1cc(NS(=O)(=O)c2cn[nH]c2)ccc1Cl. The average Bonchev–Trinajstić information content (AvgIpc) is 2.94. The predicted molar refractivity (Wildman–Crippen MR) is 72.2 cm³/mol. The highest BCUT2D eigenvalue weighted by Gasteiger charge is 2.17. The maximum atomic E-state index is 12.0. The second-order valence-electron chi connectivity index (χ2n) is 3.73. The number of nitrogens with one attached hydrogen (secondary N) is 2. The fourth-order valence-electron chi connectivity index (χ4n) is 1.46. The Labute approximate surface area is 120 Å². The molecule has 0 fully saturated rings. The monoisotopic (exact) mass is 315 g/mol. The summed E-state index contributed by atoms with van der Waals surface area (Å²) >= 11 is 5.85. The molecule has 0 aliphatic rings. The molecule has 0 amide bonds. The van der Waals surface area contributed by atoms with Gasteiger partial charge in [0.05, 0.1) is 23.9 Å². The zero-order valence-electron chi connectivity index (χ0n) is 10.3. The van der Waals surface area contributed by atoms with Crippen LogP contribution in [0.4, 0.5) is 5.69 Å². The largest absolute Gasteiger partial charge is 0.465 e. The fraction of sp³-hybridized carbons (Fsp3) is 0.0909. The number of benzene rings is 1. The Morgan fingerprint density at radius 1 is 1.45 bits per heavy atom. The lowest BCUT2D eigenvalue weighted by molar-refractivity contribution is 0.0601. The van der Waals surface area contributed by atoms with E-state index in [1.165, 1.54) is 37.7 Å². The lowest BCUT2D eigenvalue weighted by atomic mass is 10.2. The van der Waals surface area contributed by atoms with Crippen LogP contribution in [0.25, 0.3) is 0 Å². The van der Waals surface area contributed by atoms with Crippen LogP contribution in [0.15, 0.2) is 35.5 Å². The number of esters is 1. The molecule has 0 saturated carbocycles. The number of methoxy groups -OCH3 is 1. The number of carbonyl (C=O) groups is 1. The van der Waals surface area contributed by atoms with Gasteiger partial charge in [-0.05, 0) is 18.2 Å². The van der Waals surface area contributed by atoms with Gasteiger partial charge in [0.25, 0.3) is 10.0 Å². The molecule has 1 aromatic carbocycles. The second-order valence-corrected chi connectivity index (χ2v) is 5.82. The van der Waals surface area contributed by atoms with E-state index in [0.29, 0.717) is 0 Å². The van der Waals surface area contributed by atoms with Crippen molar-refractivity contribution in [3.8, 4) is 0 Å². The number of ether oxygens (including phenoxy) is 1. The van der Waals surface area contributed by atoms with Crippen LogP contribution in [0.1, 0.15) is 10.4 Å². The molecular weight excluding hydrogens is 306 g/mol. The third-order valence-corrected chi connectivity index (χ3v) is 4.09. The van der Waals surface area contributed by atoms with E-state index >= 15 is 0 Å². The van der Waals surface area contributed by atoms with E-state index in [-0.39, 0.29) is 21.2 Å². The first-order chi connectivity index (χ1) is 9.44. The zero-order chi connectivity index (χ0) is 14.8. The summed E-state index contributed by atoms with van der Waals surface area (Å²) in [6.07, 6.45) is 2.40. The van der Waals surface area contributed by atoms with Gasteiger partial charge in [-0.1, -0.05) is 11.6 Å². The molecule has 2 rings (SSSR count). The normalized spacial score (nSPS) is 11.1. The molecule has 2 aromatic rings. The molecule has 2 N–H and O–H groups in total. The summed E-state index contributed by atoms with van der Waals surface area (Å²) < 4.78 is 30.8. The molecule has 0 aliphatic carbocycles. The molecular formula is C11H10ClN3O4S. The highest BCUT2D eigenvalue weighted by atomic mass is 35.5. The van der Waals surface area contributed by atoms with Crippen molar-refractivity contribution >= 4 is 33.3 Å². The number of aromatic nitrogens is 2. The number of H-pyrrole nitrogens is 1. The van der Waals surface area contributed by atoms with Crippen molar-refractivity contribution in [2.45, 2.75) is 4.90 Å². The molecule has 0 spiro atoms. The van der Waals surface area contributed by atoms with Gasteiger partial charge >= 0.3 is 5.97 Å². The van der Waals surface area contributed by atoms with Crippen molar-refractivity contribution in [2.75, 3.05) is 11.8 Å². The summed E-state index contributed by atoms with van der Waals surface area (Å²) in [6.45, 7) is 0. The lowest BCUT2D eigenvalue weighted by Gasteiger charge is -2.08. The summed E-state index contributed by atoms with van der Waals surface area (Å²) in [6, 6.07) is 4.14. The number of rotatable bonds is 4. The molecule has 7 nitrogen and oxygen atoms in total. The van der Waals surface area contributed by atoms with Gasteiger partial charge in [-0.2, -0.15) is 5.10 Å². The van der Waals surface area contributed by atoms with Crippen LogP contribution < -0.4 is 4.72 Å². The summed E-state index contributed by atoms with van der Waals surface area (Å²) in [5.41, 5.74) is 0.262. The van der Waals surface area contributed by atoms with E-state index in [2.05, 4.69) is 19.7 Å². The number of anilines is 1. The first-order valence-corrected chi connectivity index (χ1v) is 7.19. The Morgan fingerprint density at radius 3 is 2.80 bits per heavy atom. The average molecular weight is 316 g/mol. The van der Waals surface area contributed by atoms with Crippen molar-refractivity contribution in [1.29, 1.82) is 0 Å². The Morgan fingerprint density at radius 2 is 2.20 bits per heavy atom. The van der Waals surface area contributed by atoms with Gasteiger partial charge in [0.1, 0.15) is 4.90 Å². The first-order valence-electron chi connectivity index (χ1n) is 5.33. The minimum absolute atomic E-state index is 0.0212. The summed E-state index contributed by atoms with van der Waals surface area (Å²) in [4.78, 5) is 11.5. The topological polar surface area (TPSA) is 101 Å². The Balaban J connectivity index is 2.33. The molecule has 9 heteroatoms. The van der Waals surface area contributed by atoms with Gasteiger partial charge in [0.15, 0.2) is 0 Å². The highest BCUT2D eigenvalue weighted by Crippen LogP contribution is 2.23. The molecule has 20 heavy (non-hydrogen) atoms. The van der Waals surface area contributed by atoms with E-state index in [1.54, 1.807) is 0 Å². The standard InChI is InChI=1S/C11H10ClN3O4S/c1-19-11(16)9-4-7(2-3-10(9)12)15-20(17,18)8-5-13-14-6-8/h2-6,15H,1H3,(H,13,14). The fourth-order valence-corrected chi connectivity index (χ4v) is 2.60. The first kappa shape index (κ1) is 14.4. The van der Waals surface area contributed by atoms with E-state index in [0.717, 1.165) is 0 Å². The molecule has 1 heterocycles. The third-order valence-electron chi connectivity index (χ3n) is 2.41. The molecule has 1 aromatic heterocycles. The molecule has 0 aliphatic heterocycles. The van der Waals surface area contributed by atoms with Crippen LogP contribution in [-0.4, -0.2) is 31.7 Å². The van der Waals surface area contributed by atoms with Gasteiger partial charge in [-0.3, -0.25) is 9.82 Å². The minimum Gasteiger partial charge on any atom is -0.465 e. The van der Waals surface area contributed by atoms with E-state index in [1.807, 2.05) is 0 Å². The molecule has 0 atom stereocenters. The number of hydrogen-bond donors (Lipinski definition) is 2. The quantitative estimate of drug-likeness (QED) is 0.835. The van der Waals surface area contributed by atoms with Gasteiger partial charge in [-0.15, -0.1) is 0 Å². The van der Waals surface area contributed by atoms with Gasteiger partial charge < -0.3 is 4.74 Å². The van der Waals surface area contributed by atoms with Gasteiger partial charge in [0, 0.05) is 11.9 Å². The smallest absolute Gasteiger partial charge is 0.339 e. The van der Waals surface area contributed by atoms with Crippen molar-refractivity contribution in [3.63, 3.8) is 0 Å². The molecule has 0 radical (unpaired) electrons. The van der Waals surface area contributed by atoms with Crippen LogP contribution in [0.2, 0.25) is 5.02 Å². The van der Waals surface area contributed by atoms with Gasteiger partial charge in [-0.25, -0.2) is 13.2 Å². The number of sulfonamides is 1. The van der Waals surface area contributed by atoms with Crippen LogP contribution in [0.5, 0.6) is 0 Å². The predicted octanol–water partition coefficient (Wildman–Crippen LogP) is 1.65. The molecule has 0 saturated heterocycles. The van der Waals surface area contributed by atoms with E-state index < -0.39 is 16.0 Å². The zero-order valence-corrected chi connectivity index (χ0v) is 11.8. The van der Waals surface area contributed by atoms with E-state index in [9.17, 15) is 13.2 Å². The molecule has 0 bridgehead atoms. The number of hydrogen-bond acceptors (Lipinski definition) is 5. The highest BCUT2D eigenvalue weighted by molar-refractivity contribution is 7.92. The van der Waals surface area contributed by atoms with Crippen molar-refractivity contribution in [3.05, 3.63) is 41.2 Å². The minimum atomic E-state index is -3.77. The maximum Gasteiger partial charge on any atom is 0.339 e. The molecule has 0 unspecified atom stereocenters. The maximum absolute atomic E-state index is 12.0. The summed E-state index contributed by atoms with van der Waals surface area (Å²) in [5.74, 6) is -0.653. The van der Waals surface area contributed by atoms with Crippen molar-refractivity contribution in [1.82, 2.24) is 10.2 Å². The van der Waals surface area contributed by atoms with Crippen LogP contribution in [-0.2, 0) is 14.8 Å². The third kappa shape index (κ3) is 2.91. The molecule has 106 valence electrons. The Hall–Kier alpha value is -2.06. The van der Waals surface area contributed by atoms with Crippen LogP contribution >= 0.6 is 11.6 Å². The van der Waals surface area contributed by atoms with Crippen LogP contribution in [0.3, 0.4) is 0 Å². The number of nitrogens with zero attached hydrogens (tertiary/aromatic N) is 1. The second kappa shape index (κ2) is 5.51.